The van der Waals surface area contributed by atoms with Crippen LogP contribution in [0.5, 0.6) is 0 Å². The van der Waals surface area contributed by atoms with Gasteiger partial charge in [0.1, 0.15) is 0 Å². The maximum absolute atomic E-state index is 12.6. The summed E-state index contributed by atoms with van der Waals surface area (Å²) in [5.74, 6) is 0.192. The lowest BCUT2D eigenvalue weighted by Crippen LogP contribution is -2.32. The smallest absolute Gasteiger partial charge is 0.266 e. The number of aromatic nitrogens is 3. The average Bonchev–Trinajstić information content (AvgIpc) is 3.09. The fourth-order valence-electron chi connectivity index (χ4n) is 3.28. The first-order valence-corrected chi connectivity index (χ1v) is 7.90. The highest BCUT2D eigenvalue weighted by molar-refractivity contribution is 5.79. The molecule has 0 saturated carbocycles. The van der Waals surface area contributed by atoms with Crippen LogP contribution in [-0.2, 0) is 11.2 Å². The summed E-state index contributed by atoms with van der Waals surface area (Å²) in [6, 6.07) is 1.44. The second-order valence-electron chi connectivity index (χ2n) is 6.38. The highest BCUT2D eigenvalue weighted by atomic mass is 16.3. The van der Waals surface area contributed by atoms with E-state index in [0.29, 0.717) is 18.7 Å². The summed E-state index contributed by atoms with van der Waals surface area (Å²) >= 11 is 0. The Morgan fingerprint density at radius 3 is 2.91 bits per heavy atom. The Kier molecular flexibility index (Phi) is 3.97. The number of hydrogen-bond donors (Lipinski definition) is 2. The Balaban J connectivity index is 1.84. The zero-order valence-corrected chi connectivity index (χ0v) is 13.7. The summed E-state index contributed by atoms with van der Waals surface area (Å²) in [6.07, 6.45) is 0.705. The molecule has 3 heterocycles. The van der Waals surface area contributed by atoms with E-state index in [0.717, 1.165) is 23.4 Å². The van der Waals surface area contributed by atoms with Crippen LogP contribution in [0.15, 0.2) is 10.9 Å². The molecule has 2 atom stereocenters. The van der Waals surface area contributed by atoms with Gasteiger partial charge in [-0.05, 0) is 27.2 Å². The number of aromatic amines is 1. The Bertz CT molecular complexity index is 805. The molecule has 2 N–H and O–H groups in total. The maximum Gasteiger partial charge on any atom is 0.266 e. The minimum atomic E-state index is -0.390. The summed E-state index contributed by atoms with van der Waals surface area (Å²) in [7, 11) is 0. The van der Waals surface area contributed by atoms with Gasteiger partial charge in [0, 0.05) is 42.0 Å². The molecule has 0 aromatic carbocycles. The van der Waals surface area contributed by atoms with Crippen molar-refractivity contribution in [2.75, 3.05) is 13.1 Å². The van der Waals surface area contributed by atoms with E-state index in [1.54, 1.807) is 16.3 Å². The summed E-state index contributed by atoms with van der Waals surface area (Å²) < 4.78 is 1.63. The lowest BCUT2D eigenvalue weighted by Gasteiger charge is -2.19. The van der Waals surface area contributed by atoms with Crippen LogP contribution in [0.25, 0.3) is 5.65 Å². The molecular weight excluding hydrogens is 296 g/mol. The van der Waals surface area contributed by atoms with Gasteiger partial charge in [-0.1, -0.05) is 0 Å². The molecule has 0 spiro atoms. The number of carbonyl (C=O) groups excluding carboxylic acids is 1. The number of H-pyrrole nitrogens is 1. The van der Waals surface area contributed by atoms with Gasteiger partial charge in [0.2, 0.25) is 5.91 Å². The fraction of sp³-hybridized carbons (Fsp3) is 0.562. The number of amides is 1. The molecule has 0 bridgehead atoms. The van der Waals surface area contributed by atoms with E-state index in [4.69, 9.17) is 0 Å². The van der Waals surface area contributed by atoms with E-state index in [1.165, 1.54) is 6.07 Å². The van der Waals surface area contributed by atoms with Crippen molar-refractivity contribution in [1.82, 2.24) is 19.5 Å². The van der Waals surface area contributed by atoms with Gasteiger partial charge >= 0.3 is 0 Å². The molecule has 2 aromatic rings. The molecule has 2 unspecified atom stereocenters. The molecule has 0 aliphatic carbocycles. The molecular formula is C16H22N4O3. The van der Waals surface area contributed by atoms with E-state index in [-0.39, 0.29) is 29.9 Å². The Morgan fingerprint density at radius 1 is 1.52 bits per heavy atom. The first kappa shape index (κ1) is 15.7. The first-order chi connectivity index (χ1) is 10.9. The van der Waals surface area contributed by atoms with E-state index in [1.807, 2.05) is 13.8 Å². The summed E-state index contributed by atoms with van der Waals surface area (Å²) in [6.45, 7) is 6.79. The van der Waals surface area contributed by atoms with E-state index < -0.39 is 0 Å². The van der Waals surface area contributed by atoms with E-state index in [2.05, 4.69) is 10.1 Å². The number of aliphatic hydroxyl groups excluding tert-OH is 1. The van der Waals surface area contributed by atoms with Crippen LogP contribution in [0.3, 0.4) is 0 Å². The number of carbonyl (C=O) groups is 1. The topological polar surface area (TPSA) is 90.7 Å². The highest BCUT2D eigenvalue weighted by Crippen LogP contribution is 2.21. The van der Waals surface area contributed by atoms with Crippen LogP contribution in [0.2, 0.25) is 0 Å². The number of likely N-dealkylation sites (tertiary alicyclic amines) is 1. The second-order valence-corrected chi connectivity index (χ2v) is 6.38. The second kappa shape index (κ2) is 5.81. The zero-order chi connectivity index (χ0) is 16.7. The zero-order valence-electron chi connectivity index (χ0n) is 13.7. The third-order valence-corrected chi connectivity index (χ3v) is 4.79. The van der Waals surface area contributed by atoms with Crippen LogP contribution in [-0.4, -0.2) is 49.7 Å². The lowest BCUT2D eigenvalue weighted by molar-refractivity contribution is -0.129. The van der Waals surface area contributed by atoms with Crippen molar-refractivity contribution < 1.29 is 9.90 Å². The summed E-state index contributed by atoms with van der Waals surface area (Å²) in [4.78, 5) is 30.2. The van der Waals surface area contributed by atoms with Crippen molar-refractivity contribution in [1.29, 1.82) is 0 Å². The quantitative estimate of drug-likeness (QED) is 0.858. The van der Waals surface area contributed by atoms with Gasteiger partial charge in [-0.3, -0.25) is 14.7 Å². The van der Waals surface area contributed by atoms with Crippen LogP contribution < -0.4 is 5.56 Å². The van der Waals surface area contributed by atoms with Crippen molar-refractivity contribution in [2.24, 2.45) is 5.92 Å². The molecule has 1 aliphatic heterocycles. The molecule has 2 aromatic heterocycles. The van der Waals surface area contributed by atoms with Crippen molar-refractivity contribution >= 4 is 11.6 Å². The monoisotopic (exact) mass is 318 g/mol. The van der Waals surface area contributed by atoms with Crippen molar-refractivity contribution in [2.45, 2.75) is 39.7 Å². The number of nitrogens with zero attached hydrogens (tertiary/aromatic N) is 3. The largest absolute Gasteiger partial charge is 0.393 e. The third kappa shape index (κ3) is 2.88. The number of aryl methyl sites for hydroxylation is 2. The molecule has 23 heavy (non-hydrogen) atoms. The van der Waals surface area contributed by atoms with Crippen molar-refractivity contribution in [3.63, 3.8) is 0 Å². The molecule has 1 aliphatic rings. The summed E-state index contributed by atoms with van der Waals surface area (Å²) in [5.41, 5.74) is 2.80. The van der Waals surface area contributed by atoms with Gasteiger partial charge in [0.05, 0.1) is 12.5 Å². The maximum atomic E-state index is 12.6. The number of fused-ring (bicyclic) bond motifs is 1. The standard InChI is InChI=1S/C16H22N4O3/c1-9-13(10(2)20-14(17-9)7-15(22)18-20)6-16(23)19-5-4-12(8-19)11(3)21/h7,11-12,21H,4-6,8H2,1-3H3,(H,18,22). The Morgan fingerprint density at radius 2 is 2.26 bits per heavy atom. The van der Waals surface area contributed by atoms with Crippen LogP contribution in [0, 0.1) is 19.8 Å². The molecule has 0 radical (unpaired) electrons. The summed E-state index contributed by atoms with van der Waals surface area (Å²) in [5, 5.41) is 12.4. The van der Waals surface area contributed by atoms with Crippen molar-refractivity contribution in [3.8, 4) is 0 Å². The van der Waals surface area contributed by atoms with Crippen LogP contribution in [0.4, 0.5) is 0 Å². The van der Waals surface area contributed by atoms with Gasteiger partial charge < -0.3 is 10.0 Å². The van der Waals surface area contributed by atoms with Gasteiger partial charge in [-0.15, -0.1) is 0 Å². The normalized spacial score (nSPS) is 19.5. The SMILES string of the molecule is Cc1nc2cc(=O)[nH]n2c(C)c1CC(=O)N1CCC(C(C)O)C1. The van der Waals surface area contributed by atoms with Gasteiger partial charge in [-0.2, -0.15) is 0 Å². The average molecular weight is 318 g/mol. The van der Waals surface area contributed by atoms with Crippen molar-refractivity contribution in [3.05, 3.63) is 33.4 Å². The van der Waals surface area contributed by atoms with Crippen LogP contribution in [0.1, 0.15) is 30.3 Å². The number of nitrogens with one attached hydrogen (secondary N) is 1. The number of hydrogen-bond acceptors (Lipinski definition) is 4. The molecule has 124 valence electrons. The van der Waals surface area contributed by atoms with Gasteiger partial charge in [0.25, 0.3) is 5.56 Å². The highest BCUT2D eigenvalue weighted by Gasteiger charge is 2.29. The van der Waals surface area contributed by atoms with Gasteiger partial charge in [-0.25, -0.2) is 9.50 Å². The predicted molar refractivity (Wildman–Crippen MR) is 85.4 cm³/mol. The molecule has 1 amide bonds. The van der Waals surface area contributed by atoms with Gasteiger partial charge in [0.15, 0.2) is 5.65 Å². The predicted octanol–water partition coefficient (Wildman–Crippen LogP) is 0.411. The van der Waals surface area contributed by atoms with E-state index >= 15 is 0 Å². The molecule has 1 fully saturated rings. The third-order valence-electron chi connectivity index (χ3n) is 4.79. The number of rotatable bonds is 3. The Hall–Kier alpha value is -2.15. The molecule has 7 nitrogen and oxygen atoms in total. The molecule has 7 heteroatoms. The Labute approximate surface area is 133 Å². The minimum absolute atomic E-state index is 0.0370. The number of aliphatic hydroxyl groups is 1. The minimum Gasteiger partial charge on any atom is -0.393 e. The molecule has 3 rings (SSSR count). The lowest BCUT2D eigenvalue weighted by atomic mass is 10.0. The first-order valence-electron chi connectivity index (χ1n) is 7.90. The van der Waals surface area contributed by atoms with Crippen LogP contribution >= 0.6 is 0 Å². The molecule has 1 saturated heterocycles. The fourth-order valence-corrected chi connectivity index (χ4v) is 3.28. The van der Waals surface area contributed by atoms with E-state index in [9.17, 15) is 14.7 Å².